The number of nitrogens with one attached hydrogen (secondary N) is 1. The number of likely N-dealkylation sites (tertiary alicyclic amines) is 1. The molecular weight excluding hydrogens is 280 g/mol. The molecule has 0 unspecified atom stereocenters. The van der Waals surface area contributed by atoms with Crippen LogP contribution < -0.4 is 5.32 Å². The SMILES string of the molecule is COCCN1CC[C@H](C(=O)Nc2ccnn2C2CCCC2)C1. The Kier molecular flexibility index (Phi) is 5.10. The Bertz CT molecular complexity index is 496. The Morgan fingerprint density at radius 2 is 2.23 bits per heavy atom. The summed E-state index contributed by atoms with van der Waals surface area (Å²) in [4.78, 5) is 14.8. The lowest BCUT2D eigenvalue weighted by atomic mass is 10.1. The Balaban J connectivity index is 1.55. The van der Waals surface area contributed by atoms with Crippen LogP contribution in [0, 0.1) is 5.92 Å². The van der Waals surface area contributed by atoms with Gasteiger partial charge in [0.2, 0.25) is 5.91 Å². The van der Waals surface area contributed by atoms with Crippen LogP contribution in [0.1, 0.15) is 38.1 Å². The van der Waals surface area contributed by atoms with Gasteiger partial charge in [-0.15, -0.1) is 0 Å². The van der Waals surface area contributed by atoms with E-state index in [2.05, 4.69) is 15.3 Å². The van der Waals surface area contributed by atoms with Crippen LogP contribution in [0.5, 0.6) is 0 Å². The Morgan fingerprint density at radius 3 is 3.00 bits per heavy atom. The molecule has 1 N–H and O–H groups in total. The third-order valence-corrected chi connectivity index (χ3v) is 4.85. The second kappa shape index (κ2) is 7.24. The van der Waals surface area contributed by atoms with Crippen molar-refractivity contribution >= 4 is 11.7 Å². The molecular formula is C16H26N4O2. The Morgan fingerprint density at radius 1 is 1.41 bits per heavy atom. The molecule has 1 aliphatic heterocycles. The van der Waals surface area contributed by atoms with Gasteiger partial charge in [0, 0.05) is 26.3 Å². The van der Waals surface area contributed by atoms with E-state index in [1.807, 2.05) is 10.7 Å². The van der Waals surface area contributed by atoms with Gasteiger partial charge in [-0.25, -0.2) is 4.68 Å². The summed E-state index contributed by atoms with van der Waals surface area (Å²) in [6, 6.07) is 2.36. The normalized spacial score (nSPS) is 23.2. The van der Waals surface area contributed by atoms with E-state index in [4.69, 9.17) is 4.74 Å². The second-order valence-electron chi connectivity index (χ2n) is 6.37. The van der Waals surface area contributed by atoms with Crippen LogP contribution in [0.3, 0.4) is 0 Å². The van der Waals surface area contributed by atoms with Crippen LogP contribution in [0.15, 0.2) is 12.3 Å². The fraction of sp³-hybridized carbons (Fsp3) is 0.750. The van der Waals surface area contributed by atoms with Crippen molar-refractivity contribution in [2.45, 2.75) is 38.1 Å². The molecule has 2 fully saturated rings. The van der Waals surface area contributed by atoms with E-state index in [-0.39, 0.29) is 11.8 Å². The predicted octanol–water partition coefficient (Wildman–Crippen LogP) is 1.90. The highest BCUT2D eigenvalue weighted by atomic mass is 16.5. The maximum Gasteiger partial charge on any atom is 0.229 e. The topological polar surface area (TPSA) is 59.4 Å². The van der Waals surface area contributed by atoms with Crippen LogP contribution in [-0.4, -0.2) is 53.9 Å². The average molecular weight is 306 g/mol. The smallest absolute Gasteiger partial charge is 0.229 e. The van der Waals surface area contributed by atoms with Gasteiger partial charge in [0.15, 0.2) is 0 Å². The van der Waals surface area contributed by atoms with Crippen LogP contribution in [0.2, 0.25) is 0 Å². The number of methoxy groups -OCH3 is 1. The van der Waals surface area contributed by atoms with Crippen molar-refractivity contribution in [2.75, 3.05) is 38.7 Å². The van der Waals surface area contributed by atoms with Crippen LogP contribution >= 0.6 is 0 Å². The van der Waals surface area contributed by atoms with Gasteiger partial charge in [-0.2, -0.15) is 5.10 Å². The zero-order chi connectivity index (χ0) is 15.4. The molecule has 0 aromatic carbocycles. The largest absolute Gasteiger partial charge is 0.383 e. The molecule has 1 aromatic rings. The summed E-state index contributed by atoms with van der Waals surface area (Å²) >= 11 is 0. The molecule has 1 aromatic heterocycles. The lowest BCUT2D eigenvalue weighted by Crippen LogP contribution is -2.29. The van der Waals surface area contributed by atoms with E-state index in [9.17, 15) is 4.79 Å². The molecule has 6 heteroatoms. The van der Waals surface area contributed by atoms with Gasteiger partial charge in [-0.05, 0) is 25.8 Å². The number of carbonyl (C=O) groups is 1. The number of aromatic nitrogens is 2. The third kappa shape index (κ3) is 3.50. The first kappa shape index (κ1) is 15.5. The van der Waals surface area contributed by atoms with Gasteiger partial charge in [0.05, 0.1) is 24.8 Å². The molecule has 2 aliphatic rings. The molecule has 2 heterocycles. The highest BCUT2D eigenvalue weighted by Gasteiger charge is 2.29. The lowest BCUT2D eigenvalue weighted by molar-refractivity contribution is -0.119. The van der Waals surface area contributed by atoms with Gasteiger partial charge in [-0.1, -0.05) is 12.8 Å². The summed E-state index contributed by atoms with van der Waals surface area (Å²) in [5.74, 6) is 1.05. The molecule has 6 nitrogen and oxygen atoms in total. The Labute approximate surface area is 131 Å². The standard InChI is InChI=1S/C16H26N4O2/c1-22-11-10-19-9-7-13(12-19)16(21)18-15-6-8-17-20(15)14-4-2-3-5-14/h6,8,13-14H,2-5,7,9-12H2,1H3,(H,18,21)/t13-/m0/s1. The maximum atomic E-state index is 12.5. The molecule has 1 saturated carbocycles. The highest BCUT2D eigenvalue weighted by molar-refractivity contribution is 5.92. The number of rotatable bonds is 6. The molecule has 122 valence electrons. The summed E-state index contributed by atoms with van der Waals surface area (Å²) in [5.41, 5.74) is 0. The van der Waals surface area contributed by atoms with Gasteiger partial charge in [0.25, 0.3) is 0 Å². The van der Waals surface area contributed by atoms with E-state index in [1.54, 1.807) is 13.3 Å². The fourth-order valence-corrected chi connectivity index (χ4v) is 3.55. The third-order valence-electron chi connectivity index (χ3n) is 4.85. The second-order valence-corrected chi connectivity index (χ2v) is 6.37. The molecule has 1 amide bonds. The van der Waals surface area contributed by atoms with Crippen molar-refractivity contribution in [1.29, 1.82) is 0 Å². The fourth-order valence-electron chi connectivity index (χ4n) is 3.55. The first-order valence-electron chi connectivity index (χ1n) is 8.33. The number of carbonyl (C=O) groups excluding carboxylic acids is 1. The van der Waals surface area contributed by atoms with E-state index < -0.39 is 0 Å². The molecule has 1 atom stereocenters. The van der Waals surface area contributed by atoms with Crippen molar-refractivity contribution in [3.05, 3.63) is 12.3 Å². The van der Waals surface area contributed by atoms with Gasteiger partial charge < -0.3 is 15.0 Å². The molecule has 0 spiro atoms. The number of hydrogen-bond donors (Lipinski definition) is 1. The number of hydrogen-bond acceptors (Lipinski definition) is 4. The van der Waals surface area contributed by atoms with Crippen molar-refractivity contribution < 1.29 is 9.53 Å². The Hall–Kier alpha value is -1.40. The monoisotopic (exact) mass is 306 g/mol. The molecule has 3 rings (SSSR count). The maximum absolute atomic E-state index is 12.5. The molecule has 22 heavy (non-hydrogen) atoms. The quantitative estimate of drug-likeness (QED) is 0.872. The van der Waals surface area contributed by atoms with Crippen molar-refractivity contribution in [3.8, 4) is 0 Å². The lowest BCUT2D eigenvalue weighted by Gasteiger charge is -2.17. The van der Waals surface area contributed by atoms with Crippen LogP contribution in [0.25, 0.3) is 0 Å². The van der Waals surface area contributed by atoms with E-state index >= 15 is 0 Å². The molecule has 0 radical (unpaired) electrons. The molecule has 1 saturated heterocycles. The van der Waals surface area contributed by atoms with Crippen molar-refractivity contribution in [3.63, 3.8) is 0 Å². The first-order valence-corrected chi connectivity index (χ1v) is 8.33. The van der Waals surface area contributed by atoms with E-state index in [0.717, 1.165) is 38.5 Å². The van der Waals surface area contributed by atoms with Gasteiger partial charge >= 0.3 is 0 Å². The van der Waals surface area contributed by atoms with Crippen molar-refractivity contribution in [1.82, 2.24) is 14.7 Å². The number of ether oxygens (including phenoxy) is 1. The number of nitrogens with zero attached hydrogens (tertiary/aromatic N) is 3. The van der Waals surface area contributed by atoms with E-state index in [1.165, 1.54) is 25.7 Å². The number of amides is 1. The van der Waals surface area contributed by atoms with Crippen LogP contribution in [-0.2, 0) is 9.53 Å². The summed E-state index contributed by atoms with van der Waals surface area (Å²) in [6.07, 6.45) is 7.56. The number of anilines is 1. The highest BCUT2D eigenvalue weighted by Crippen LogP contribution is 2.31. The minimum Gasteiger partial charge on any atom is -0.383 e. The first-order chi connectivity index (χ1) is 10.8. The van der Waals surface area contributed by atoms with Crippen LogP contribution in [0.4, 0.5) is 5.82 Å². The predicted molar refractivity (Wildman–Crippen MR) is 84.8 cm³/mol. The summed E-state index contributed by atoms with van der Waals surface area (Å²) in [5, 5.41) is 7.50. The van der Waals surface area contributed by atoms with Gasteiger partial charge in [-0.3, -0.25) is 4.79 Å². The average Bonchev–Trinajstić information content (AvgIpc) is 3.25. The zero-order valence-electron chi connectivity index (χ0n) is 13.3. The summed E-state index contributed by atoms with van der Waals surface area (Å²) in [7, 11) is 1.71. The molecule has 1 aliphatic carbocycles. The minimum atomic E-state index is 0.0729. The summed E-state index contributed by atoms with van der Waals surface area (Å²) in [6.45, 7) is 3.43. The summed E-state index contributed by atoms with van der Waals surface area (Å²) < 4.78 is 7.11. The van der Waals surface area contributed by atoms with Crippen molar-refractivity contribution in [2.24, 2.45) is 5.92 Å². The molecule has 0 bridgehead atoms. The van der Waals surface area contributed by atoms with Gasteiger partial charge in [0.1, 0.15) is 5.82 Å². The van der Waals surface area contributed by atoms with E-state index in [0.29, 0.717) is 6.04 Å². The zero-order valence-corrected chi connectivity index (χ0v) is 13.3. The minimum absolute atomic E-state index is 0.0729.